The summed E-state index contributed by atoms with van der Waals surface area (Å²) >= 11 is 0. The van der Waals surface area contributed by atoms with E-state index in [0.29, 0.717) is 12.0 Å². The molecule has 0 N–H and O–H groups in total. The molecule has 2 heteroatoms. The van der Waals surface area contributed by atoms with Crippen molar-refractivity contribution >= 4 is 6.29 Å². The molecule has 0 atom stereocenters. The van der Waals surface area contributed by atoms with E-state index in [2.05, 4.69) is 6.07 Å². The van der Waals surface area contributed by atoms with Crippen molar-refractivity contribution in [2.45, 2.75) is 26.7 Å². The van der Waals surface area contributed by atoms with Crippen LogP contribution in [0, 0.1) is 25.2 Å². The second kappa shape index (κ2) is 4.57. The Morgan fingerprint density at radius 2 is 2.07 bits per heavy atom. The van der Waals surface area contributed by atoms with Crippen molar-refractivity contribution < 1.29 is 4.79 Å². The number of rotatable bonds is 3. The Labute approximate surface area is 84.2 Å². The lowest BCUT2D eigenvalue weighted by Crippen LogP contribution is -1.94. The van der Waals surface area contributed by atoms with Crippen LogP contribution in [-0.2, 0) is 11.2 Å². The van der Waals surface area contributed by atoms with Crippen molar-refractivity contribution in [2.75, 3.05) is 0 Å². The molecular weight excluding hydrogens is 174 g/mol. The fraction of sp³-hybridized carbons (Fsp3) is 0.333. The van der Waals surface area contributed by atoms with E-state index in [1.54, 1.807) is 0 Å². The maximum absolute atomic E-state index is 10.2. The smallest absolute Gasteiger partial charge is 0.120 e. The first-order valence-corrected chi connectivity index (χ1v) is 4.63. The van der Waals surface area contributed by atoms with Crippen molar-refractivity contribution in [2.24, 2.45) is 0 Å². The number of carbonyl (C=O) groups excluding carboxylic acids is 1. The van der Waals surface area contributed by atoms with Gasteiger partial charge in [-0.25, -0.2) is 0 Å². The molecule has 0 aromatic heterocycles. The highest BCUT2D eigenvalue weighted by Crippen LogP contribution is 2.16. The summed E-state index contributed by atoms with van der Waals surface area (Å²) < 4.78 is 0. The monoisotopic (exact) mass is 187 g/mol. The third-order valence-electron chi connectivity index (χ3n) is 2.33. The molecular formula is C12H13NO. The van der Waals surface area contributed by atoms with Crippen LogP contribution in [0.4, 0.5) is 0 Å². The predicted molar refractivity (Wildman–Crippen MR) is 55.0 cm³/mol. The third-order valence-corrected chi connectivity index (χ3v) is 2.33. The molecule has 0 amide bonds. The van der Waals surface area contributed by atoms with E-state index in [9.17, 15) is 4.79 Å². The zero-order valence-corrected chi connectivity index (χ0v) is 8.50. The summed E-state index contributed by atoms with van der Waals surface area (Å²) in [5.74, 6) is 0. The number of carbonyl (C=O) groups is 1. The summed E-state index contributed by atoms with van der Waals surface area (Å²) in [5.41, 5.74) is 3.96. The molecule has 14 heavy (non-hydrogen) atoms. The van der Waals surface area contributed by atoms with Gasteiger partial charge >= 0.3 is 0 Å². The molecule has 0 aliphatic carbocycles. The molecule has 0 aliphatic heterocycles. The molecule has 0 bridgehead atoms. The summed E-state index contributed by atoms with van der Waals surface area (Å²) in [6.45, 7) is 3.93. The largest absolute Gasteiger partial charge is 0.303 e. The van der Waals surface area contributed by atoms with E-state index >= 15 is 0 Å². The van der Waals surface area contributed by atoms with Crippen LogP contribution in [0.25, 0.3) is 0 Å². The summed E-state index contributed by atoms with van der Waals surface area (Å²) in [5, 5.41) is 8.84. The minimum absolute atomic E-state index is 0.523. The van der Waals surface area contributed by atoms with Crippen LogP contribution in [0.15, 0.2) is 12.1 Å². The average Bonchev–Trinajstić information content (AvgIpc) is 2.17. The van der Waals surface area contributed by atoms with E-state index in [0.717, 1.165) is 29.4 Å². The number of hydrogen-bond acceptors (Lipinski definition) is 2. The molecule has 1 aromatic carbocycles. The van der Waals surface area contributed by atoms with Gasteiger partial charge in [0.25, 0.3) is 0 Å². The van der Waals surface area contributed by atoms with Crippen LogP contribution in [0.1, 0.15) is 28.7 Å². The highest BCUT2D eigenvalue weighted by molar-refractivity contribution is 5.51. The van der Waals surface area contributed by atoms with Gasteiger partial charge in [-0.05, 0) is 43.0 Å². The Bertz CT molecular complexity index is 388. The third kappa shape index (κ3) is 2.20. The number of benzene rings is 1. The molecule has 0 spiro atoms. The number of nitrogens with zero attached hydrogens (tertiary/aromatic N) is 1. The average molecular weight is 187 g/mol. The standard InChI is InChI=1S/C12H13NO/c1-9-6-10(2)12(8-13)7-11(9)4-3-5-14/h5-7H,3-4H2,1-2H3. The van der Waals surface area contributed by atoms with E-state index in [-0.39, 0.29) is 0 Å². The second-order valence-electron chi connectivity index (χ2n) is 3.41. The molecule has 0 unspecified atom stereocenters. The number of aldehydes is 1. The molecule has 0 saturated carbocycles. The maximum atomic E-state index is 10.2. The lowest BCUT2D eigenvalue weighted by molar-refractivity contribution is -0.107. The van der Waals surface area contributed by atoms with Gasteiger partial charge in [-0.15, -0.1) is 0 Å². The Hall–Kier alpha value is -1.62. The minimum atomic E-state index is 0.523. The van der Waals surface area contributed by atoms with Crippen molar-refractivity contribution in [3.05, 3.63) is 34.4 Å². The van der Waals surface area contributed by atoms with Crippen LogP contribution in [-0.4, -0.2) is 6.29 Å². The van der Waals surface area contributed by atoms with Gasteiger partial charge < -0.3 is 4.79 Å². The highest BCUT2D eigenvalue weighted by Gasteiger charge is 2.03. The van der Waals surface area contributed by atoms with Crippen molar-refractivity contribution in [1.82, 2.24) is 0 Å². The van der Waals surface area contributed by atoms with Crippen molar-refractivity contribution in [1.29, 1.82) is 5.26 Å². The zero-order chi connectivity index (χ0) is 10.6. The van der Waals surface area contributed by atoms with Crippen LogP contribution >= 0.6 is 0 Å². The topological polar surface area (TPSA) is 40.9 Å². The van der Waals surface area contributed by atoms with Gasteiger partial charge in [0.05, 0.1) is 11.6 Å². The molecule has 2 nitrogen and oxygen atoms in total. The van der Waals surface area contributed by atoms with Gasteiger partial charge in [-0.3, -0.25) is 0 Å². The Morgan fingerprint density at radius 1 is 1.36 bits per heavy atom. The number of nitriles is 1. The van der Waals surface area contributed by atoms with Crippen LogP contribution in [0.5, 0.6) is 0 Å². The fourth-order valence-electron chi connectivity index (χ4n) is 1.50. The lowest BCUT2D eigenvalue weighted by atomic mass is 9.98. The van der Waals surface area contributed by atoms with Crippen molar-refractivity contribution in [3.63, 3.8) is 0 Å². The number of aryl methyl sites for hydroxylation is 3. The molecule has 1 rings (SSSR count). The SMILES string of the molecule is Cc1cc(C)c(CCC=O)cc1C#N. The van der Waals surface area contributed by atoms with E-state index < -0.39 is 0 Å². The molecule has 72 valence electrons. The summed E-state index contributed by atoms with van der Waals surface area (Å²) in [7, 11) is 0. The normalized spacial score (nSPS) is 9.50. The van der Waals surface area contributed by atoms with Gasteiger partial charge in [0.2, 0.25) is 0 Å². The molecule has 0 fully saturated rings. The van der Waals surface area contributed by atoms with E-state index in [1.807, 2.05) is 26.0 Å². The zero-order valence-electron chi connectivity index (χ0n) is 8.50. The van der Waals surface area contributed by atoms with E-state index in [4.69, 9.17) is 5.26 Å². The van der Waals surface area contributed by atoms with E-state index in [1.165, 1.54) is 0 Å². The first-order chi connectivity index (χ1) is 6.69. The summed E-state index contributed by atoms with van der Waals surface area (Å²) in [4.78, 5) is 10.2. The van der Waals surface area contributed by atoms with Gasteiger partial charge in [0, 0.05) is 6.42 Å². The summed E-state index contributed by atoms with van der Waals surface area (Å²) in [6.07, 6.45) is 2.16. The molecule has 0 aliphatic rings. The first kappa shape index (κ1) is 10.5. The van der Waals surface area contributed by atoms with Crippen LogP contribution in [0.3, 0.4) is 0 Å². The first-order valence-electron chi connectivity index (χ1n) is 4.63. The Morgan fingerprint density at radius 3 is 2.64 bits per heavy atom. The van der Waals surface area contributed by atoms with Crippen molar-refractivity contribution in [3.8, 4) is 6.07 Å². The maximum Gasteiger partial charge on any atom is 0.120 e. The second-order valence-corrected chi connectivity index (χ2v) is 3.41. The Balaban J connectivity index is 3.05. The highest BCUT2D eigenvalue weighted by atomic mass is 16.1. The number of hydrogen-bond donors (Lipinski definition) is 0. The van der Waals surface area contributed by atoms with Crippen LogP contribution < -0.4 is 0 Å². The van der Waals surface area contributed by atoms with Gasteiger partial charge in [0.15, 0.2) is 0 Å². The fourth-order valence-corrected chi connectivity index (χ4v) is 1.50. The van der Waals surface area contributed by atoms with Gasteiger partial charge in [-0.1, -0.05) is 6.07 Å². The molecule has 0 heterocycles. The Kier molecular flexibility index (Phi) is 3.41. The lowest BCUT2D eigenvalue weighted by Gasteiger charge is -2.06. The van der Waals surface area contributed by atoms with Gasteiger partial charge in [-0.2, -0.15) is 5.26 Å². The molecule has 0 radical (unpaired) electrons. The predicted octanol–water partition coefficient (Wildman–Crippen LogP) is 2.31. The van der Waals surface area contributed by atoms with Gasteiger partial charge in [0.1, 0.15) is 6.29 Å². The molecule has 0 saturated heterocycles. The minimum Gasteiger partial charge on any atom is -0.303 e. The molecule has 1 aromatic rings. The van der Waals surface area contributed by atoms with Crippen LogP contribution in [0.2, 0.25) is 0 Å². The quantitative estimate of drug-likeness (QED) is 0.681. The summed E-state index contributed by atoms with van der Waals surface area (Å²) in [6, 6.07) is 6.03.